The topological polar surface area (TPSA) is 40.5 Å². The standard InChI is InChI=1S/2C8H19OP.2ClH.Pd/c2*1-7(2,3)10(9)8(4,5)6;;;/h2*9H,1-6H3;2*1H;/q;;;;+2. The first-order chi connectivity index (χ1) is 9.72. The van der Waals surface area contributed by atoms with Gasteiger partial charge in [-0.05, 0) is 83.1 Å². The summed E-state index contributed by atoms with van der Waals surface area (Å²) >= 11 is -0.106. The zero-order chi connectivity index (χ0) is 19.9. The van der Waals surface area contributed by atoms with Gasteiger partial charge in [0, 0.05) is 0 Å². The van der Waals surface area contributed by atoms with E-state index >= 15 is 0 Å². The first-order valence-electron chi connectivity index (χ1n) is 7.69. The molecule has 0 saturated carbocycles. The van der Waals surface area contributed by atoms with Crippen LogP contribution >= 0.6 is 35.4 Å². The van der Waals surface area contributed by atoms with Crippen LogP contribution in [0.3, 0.4) is 0 Å². The van der Waals surface area contributed by atoms with Crippen molar-refractivity contribution in [2.45, 2.75) is 104 Å². The molecule has 0 bridgehead atoms. The average Bonchev–Trinajstić information content (AvgIpc) is 2.24. The van der Waals surface area contributed by atoms with Crippen molar-refractivity contribution in [3.63, 3.8) is 0 Å². The van der Waals surface area contributed by atoms with E-state index in [1.54, 1.807) is 0 Å². The molecule has 0 saturated heterocycles. The summed E-state index contributed by atoms with van der Waals surface area (Å²) in [7, 11) is 7.19. The predicted molar refractivity (Wildman–Crippen MR) is 112 cm³/mol. The van der Waals surface area contributed by atoms with Crippen LogP contribution in [0.5, 0.6) is 0 Å². The Morgan fingerprint density at radius 3 is 0.609 bits per heavy atom. The number of hydrogen-bond acceptors (Lipinski definition) is 2. The molecule has 0 rings (SSSR count). The van der Waals surface area contributed by atoms with Crippen LogP contribution in [0.4, 0.5) is 0 Å². The molecule has 0 heterocycles. The number of halogens is 2. The molecule has 0 amide bonds. The molecule has 0 aromatic heterocycles. The minimum absolute atomic E-state index is 0.100. The quantitative estimate of drug-likeness (QED) is 0.282. The van der Waals surface area contributed by atoms with Crippen molar-refractivity contribution < 1.29 is 25.7 Å². The second-order valence-corrected chi connectivity index (χ2v) is 19.5. The zero-order valence-corrected chi connectivity index (χ0v) is 22.0. The second-order valence-electron chi connectivity index (χ2n) is 9.74. The Kier molecular flexibility index (Phi) is 15.1. The van der Waals surface area contributed by atoms with E-state index in [-0.39, 0.29) is 36.6 Å². The van der Waals surface area contributed by atoms with Gasteiger partial charge in [0.1, 0.15) is 16.3 Å². The molecule has 2 nitrogen and oxygen atoms in total. The van der Waals surface area contributed by atoms with Gasteiger partial charge >= 0.3 is 35.0 Å². The summed E-state index contributed by atoms with van der Waals surface area (Å²) in [6.45, 7) is 25.2. The monoisotopic (exact) mass is 502 g/mol. The Balaban J connectivity index is -0.000000297. The molecule has 0 aromatic rings. The molecule has 2 N–H and O–H groups in total. The molecule has 0 spiro atoms. The van der Waals surface area contributed by atoms with Crippen molar-refractivity contribution in [3.05, 3.63) is 0 Å². The van der Waals surface area contributed by atoms with Gasteiger partial charge in [0.25, 0.3) is 0 Å². The van der Waals surface area contributed by atoms with Gasteiger partial charge in [0.15, 0.2) is 0 Å². The molecule has 0 atom stereocenters. The van der Waals surface area contributed by atoms with E-state index in [4.69, 9.17) is 19.1 Å². The Morgan fingerprint density at radius 2 is 0.609 bits per heavy atom. The number of hydrogen-bond donors (Lipinski definition) is 2. The third-order valence-corrected chi connectivity index (χ3v) is 8.52. The van der Waals surface area contributed by atoms with E-state index in [0.29, 0.717) is 0 Å². The summed E-state index contributed by atoms with van der Waals surface area (Å²) in [6, 6.07) is 0. The maximum absolute atomic E-state index is 9.82. The fourth-order valence-corrected chi connectivity index (χ4v) is 6.75. The van der Waals surface area contributed by atoms with Crippen LogP contribution in [0.2, 0.25) is 0 Å². The molecule has 0 fully saturated rings. The van der Waals surface area contributed by atoms with E-state index in [1.165, 1.54) is 0 Å². The molecule has 0 aliphatic heterocycles. The van der Waals surface area contributed by atoms with Crippen molar-refractivity contribution >= 4 is 35.4 Å². The molecule has 148 valence electrons. The van der Waals surface area contributed by atoms with Gasteiger partial charge in [-0.25, -0.2) is 0 Å². The summed E-state index contributed by atoms with van der Waals surface area (Å²) in [4.78, 5) is 19.6. The van der Waals surface area contributed by atoms with E-state index < -0.39 is 16.3 Å². The van der Waals surface area contributed by atoms with Crippen LogP contribution in [0.1, 0.15) is 83.1 Å². The molecule has 23 heavy (non-hydrogen) atoms. The van der Waals surface area contributed by atoms with Crippen LogP contribution in [0.15, 0.2) is 0 Å². The zero-order valence-electron chi connectivity index (χ0n) is 17.0. The van der Waals surface area contributed by atoms with E-state index in [0.717, 1.165) is 0 Å². The van der Waals surface area contributed by atoms with Crippen LogP contribution in [-0.4, -0.2) is 30.4 Å². The Bertz CT molecular complexity index is 245. The summed E-state index contributed by atoms with van der Waals surface area (Å²) in [5.41, 5.74) is 0. The van der Waals surface area contributed by atoms with Crippen LogP contribution in [0.25, 0.3) is 0 Å². The normalized spacial score (nSPS) is 13.5. The third-order valence-electron chi connectivity index (χ3n) is 2.84. The summed E-state index contributed by atoms with van der Waals surface area (Å²) in [5, 5.41) is 0.400. The second kappa shape index (κ2) is 11.7. The summed E-state index contributed by atoms with van der Waals surface area (Å²) < 4.78 is 0. The van der Waals surface area contributed by atoms with E-state index in [9.17, 15) is 9.79 Å². The molecule has 7 heteroatoms. The van der Waals surface area contributed by atoms with Crippen molar-refractivity contribution in [2.75, 3.05) is 0 Å². The van der Waals surface area contributed by atoms with Crippen molar-refractivity contribution in [3.8, 4) is 0 Å². The molecular formula is C16H40Cl2O2P2Pd+2. The first kappa shape index (κ1) is 29.8. The summed E-state index contributed by atoms with van der Waals surface area (Å²) in [5.74, 6) is 0. The van der Waals surface area contributed by atoms with Gasteiger partial charge < -0.3 is 0 Å². The van der Waals surface area contributed by atoms with Gasteiger partial charge in [0.2, 0.25) is 0 Å². The SMILES string of the molecule is CC(C)(C)[PH+](O)C(C)(C)C.CC(C)(C)[PH+](O)C(C)(C)C.[Cl][Pd][Cl]. The fourth-order valence-electron chi connectivity index (χ4n) is 2.25. The Morgan fingerprint density at radius 1 is 0.522 bits per heavy atom. The van der Waals surface area contributed by atoms with E-state index in [2.05, 4.69) is 83.1 Å². The molecule has 0 aliphatic carbocycles. The van der Waals surface area contributed by atoms with Gasteiger partial charge in [-0.2, -0.15) is 0 Å². The maximum atomic E-state index is 9.82. The van der Waals surface area contributed by atoms with Gasteiger partial charge in [-0.1, -0.05) is 0 Å². The van der Waals surface area contributed by atoms with Crippen LogP contribution < -0.4 is 0 Å². The van der Waals surface area contributed by atoms with Crippen molar-refractivity contribution in [1.82, 2.24) is 0 Å². The van der Waals surface area contributed by atoms with Crippen LogP contribution in [-0.2, 0) is 15.9 Å². The van der Waals surface area contributed by atoms with Crippen LogP contribution in [0, 0.1) is 0 Å². The van der Waals surface area contributed by atoms with Gasteiger partial charge in [-0.15, -0.1) is 0 Å². The summed E-state index contributed by atoms with van der Waals surface area (Å²) in [6.07, 6.45) is 0. The molecule has 0 aromatic carbocycles. The molecule has 0 aliphatic rings. The predicted octanol–water partition coefficient (Wildman–Crippen LogP) is 6.79. The molecule has 0 unspecified atom stereocenters. The molecule has 0 radical (unpaired) electrons. The Hall–Kier alpha value is 2.02. The Labute approximate surface area is 164 Å². The average molecular weight is 504 g/mol. The van der Waals surface area contributed by atoms with E-state index in [1.807, 2.05) is 0 Å². The van der Waals surface area contributed by atoms with Crippen molar-refractivity contribution in [2.24, 2.45) is 0 Å². The third kappa shape index (κ3) is 17.2. The fraction of sp³-hybridized carbons (Fsp3) is 1.00. The first-order valence-corrected chi connectivity index (χ1v) is 14.6. The number of rotatable bonds is 0. The molecular weight excluding hydrogens is 463 g/mol. The minimum atomic E-state index is -1.22. The van der Waals surface area contributed by atoms with Crippen molar-refractivity contribution in [1.29, 1.82) is 0 Å². The van der Waals surface area contributed by atoms with Gasteiger partial charge in [-0.3, -0.25) is 9.79 Å². The van der Waals surface area contributed by atoms with Gasteiger partial charge in [0.05, 0.1) is 20.6 Å².